The van der Waals surface area contributed by atoms with Crippen LogP contribution in [0.2, 0.25) is 5.02 Å². The SMILES string of the molecule is Cc1c(C(=O)N2CC[C@@H]3CNC[C@@H]3CC2)nnn1-c1ccccc1Cl. The van der Waals surface area contributed by atoms with Gasteiger partial charge in [0.25, 0.3) is 5.91 Å². The number of hydrogen-bond donors (Lipinski definition) is 1. The fraction of sp³-hybridized carbons (Fsp3) is 0.500. The number of para-hydroxylation sites is 1. The highest BCUT2D eigenvalue weighted by molar-refractivity contribution is 6.32. The molecule has 0 radical (unpaired) electrons. The van der Waals surface area contributed by atoms with E-state index in [0.717, 1.165) is 50.4 Å². The van der Waals surface area contributed by atoms with E-state index in [9.17, 15) is 4.79 Å². The van der Waals surface area contributed by atoms with E-state index in [0.29, 0.717) is 22.6 Å². The van der Waals surface area contributed by atoms with E-state index in [1.54, 1.807) is 10.7 Å². The number of aromatic nitrogens is 3. The fourth-order valence-electron chi connectivity index (χ4n) is 3.95. The zero-order valence-electron chi connectivity index (χ0n) is 14.3. The molecule has 2 aromatic rings. The standard InChI is InChI=1S/C18H22ClN5O/c1-12-17(21-22-24(12)16-5-3-2-4-15(16)19)18(25)23-8-6-13-10-20-11-14(13)7-9-23/h2-5,13-14,20H,6-11H2,1H3/t13-,14+. The molecular weight excluding hydrogens is 338 g/mol. The Morgan fingerprint density at radius 3 is 2.56 bits per heavy atom. The van der Waals surface area contributed by atoms with Crippen LogP contribution in [0, 0.1) is 18.8 Å². The van der Waals surface area contributed by atoms with E-state index in [1.165, 1.54) is 0 Å². The van der Waals surface area contributed by atoms with Crippen molar-refractivity contribution in [1.82, 2.24) is 25.2 Å². The lowest BCUT2D eigenvalue weighted by Gasteiger charge is -2.20. The number of carbonyl (C=O) groups excluding carboxylic acids is 1. The number of nitrogens with zero attached hydrogens (tertiary/aromatic N) is 4. The number of likely N-dealkylation sites (tertiary alicyclic amines) is 1. The van der Waals surface area contributed by atoms with Gasteiger partial charge in [-0.3, -0.25) is 4.79 Å². The molecule has 6 nitrogen and oxygen atoms in total. The van der Waals surface area contributed by atoms with Crippen molar-refractivity contribution in [3.8, 4) is 5.69 Å². The van der Waals surface area contributed by atoms with Gasteiger partial charge in [0.15, 0.2) is 5.69 Å². The van der Waals surface area contributed by atoms with Gasteiger partial charge in [0.2, 0.25) is 0 Å². The molecule has 0 saturated carbocycles. The highest BCUT2D eigenvalue weighted by Crippen LogP contribution is 2.28. The number of benzene rings is 1. The van der Waals surface area contributed by atoms with Crippen LogP contribution in [-0.2, 0) is 0 Å². The van der Waals surface area contributed by atoms with Gasteiger partial charge in [0, 0.05) is 13.1 Å². The molecule has 3 heterocycles. The molecule has 1 aromatic carbocycles. The van der Waals surface area contributed by atoms with Crippen molar-refractivity contribution in [3.05, 3.63) is 40.7 Å². The zero-order valence-corrected chi connectivity index (χ0v) is 15.0. The molecular formula is C18H22ClN5O. The molecule has 7 heteroatoms. The van der Waals surface area contributed by atoms with E-state index in [2.05, 4.69) is 15.6 Å². The van der Waals surface area contributed by atoms with Crippen LogP contribution < -0.4 is 5.32 Å². The Morgan fingerprint density at radius 1 is 1.20 bits per heavy atom. The molecule has 25 heavy (non-hydrogen) atoms. The molecule has 0 spiro atoms. The van der Waals surface area contributed by atoms with Crippen LogP contribution >= 0.6 is 11.6 Å². The molecule has 1 amide bonds. The van der Waals surface area contributed by atoms with E-state index < -0.39 is 0 Å². The van der Waals surface area contributed by atoms with E-state index in [1.807, 2.05) is 30.0 Å². The number of amides is 1. The number of rotatable bonds is 2. The summed E-state index contributed by atoms with van der Waals surface area (Å²) in [6, 6.07) is 7.44. The second-order valence-electron chi connectivity index (χ2n) is 6.93. The lowest BCUT2D eigenvalue weighted by molar-refractivity contribution is 0.0751. The predicted molar refractivity (Wildman–Crippen MR) is 96.1 cm³/mol. The van der Waals surface area contributed by atoms with Gasteiger partial charge in [0.1, 0.15) is 0 Å². The predicted octanol–water partition coefficient (Wildman–Crippen LogP) is 2.30. The van der Waals surface area contributed by atoms with Crippen molar-refractivity contribution in [2.24, 2.45) is 11.8 Å². The van der Waals surface area contributed by atoms with Crippen LogP contribution in [0.3, 0.4) is 0 Å². The molecule has 0 unspecified atom stereocenters. The van der Waals surface area contributed by atoms with E-state index in [-0.39, 0.29) is 5.91 Å². The fourth-order valence-corrected chi connectivity index (χ4v) is 4.17. The van der Waals surface area contributed by atoms with Crippen molar-refractivity contribution >= 4 is 17.5 Å². The Labute approximate surface area is 152 Å². The number of hydrogen-bond acceptors (Lipinski definition) is 4. The molecule has 2 aliphatic heterocycles. The van der Waals surface area contributed by atoms with Gasteiger partial charge in [0.05, 0.1) is 16.4 Å². The smallest absolute Gasteiger partial charge is 0.276 e. The van der Waals surface area contributed by atoms with Gasteiger partial charge in [-0.25, -0.2) is 4.68 Å². The highest BCUT2D eigenvalue weighted by Gasteiger charge is 2.33. The minimum absolute atomic E-state index is 0.0243. The van der Waals surface area contributed by atoms with Crippen LogP contribution in [0.25, 0.3) is 5.69 Å². The molecule has 2 atom stereocenters. The van der Waals surface area contributed by atoms with Gasteiger partial charge in [-0.1, -0.05) is 28.9 Å². The van der Waals surface area contributed by atoms with Crippen molar-refractivity contribution in [2.75, 3.05) is 26.2 Å². The van der Waals surface area contributed by atoms with Crippen molar-refractivity contribution in [3.63, 3.8) is 0 Å². The third-order valence-corrected chi connectivity index (χ3v) is 5.80. The summed E-state index contributed by atoms with van der Waals surface area (Å²) in [6.07, 6.45) is 2.11. The van der Waals surface area contributed by atoms with Crippen LogP contribution in [0.5, 0.6) is 0 Å². The van der Waals surface area contributed by atoms with Crippen LogP contribution in [-0.4, -0.2) is 52.0 Å². The molecule has 1 N–H and O–H groups in total. The Kier molecular flexibility index (Phi) is 4.48. The van der Waals surface area contributed by atoms with Gasteiger partial charge < -0.3 is 10.2 Å². The maximum Gasteiger partial charge on any atom is 0.276 e. The van der Waals surface area contributed by atoms with Gasteiger partial charge in [-0.05, 0) is 56.8 Å². The Balaban J connectivity index is 1.56. The van der Waals surface area contributed by atoms with Crippen molar-refractivity contribution in [1.29, 1.82) is 0 Å². The normalized spacial score (nSPS) is 23.4. The Bertz CT molecular complexity index is 776. The maximum absolute atomic E-state index is 13.0. The topological polar surface area (TPSA) is 63.1 Å². The summed E-state index contributed by atoms with van der Waals surface area (Å²) in [5.74, 6) is 1.36. The van der Waals surface area contributed by atoms with Gasteiger partial charge in [-0.15, -0.1) is 5.10 Å². The maximum atomic E-state index is 13.0. The quantitative estimate of drug-likeness (QED) is 0.893. The van der Waals surface area contributed by atoms with Crippen molar-refractivity contribution in [2.45, 2.75) is 19.8 Å². The van der Waals surface area contributed by atoms with E-state index >= 15 is 0 Å². The summed E-state index contributed by atoms with van der Waals surface area (Å²) in [5.41, 5.74) is 1.89. The number of nitrogens with one attached hydrogen (secondary N) is 1. The average Bonchev–Trinajstić information content (AvgIpc) is 3.16. The first-order chi connectivity index (χ1) is 12.1. The molecule has 4 rings (SSSR count). The van der Waals surface area contributed by atoms with Gasteiger partial charge in [-0.2, -0.15) is 0 Å². The first-order valence-electron chi connectivity index (χ1n) is 8.82. The first kappa shape index (κ1) is 16.5. The molecule has 132 valence electrons. The van der Waals surface area contributed by atoms with Crippen LogP contribution in [0.1, 0.15) is 29.0 Å². The second kappa shape index (κ2) is 6.77. The summed E-state index contributed by atoms with van der Waals surface area (Å²) in [4.78, 5) is 14.9. The third kappa shape index (κ3) is 3.04. The molecule has 0 aliphatic carbocycles. The number of carbonyl (C=O) groups is 1. The summed E-state index contributed by atoms with van der Waals surface area (Å²) in [6.45, 7) is 5.61. The lowest BCUT2D eigenvalue weighted by atomic mass is 9.92. The Hall–Kier alpha value is -1.92. The summed E-state index contributed by atoms with van der Waals surface area (Å²) in [7, 11) is 0. The number of halogens is 1. The number of fused-ring (bicyclic) bond motifs is 1. The zero-order chi connectivity index (χ0) is 17.4. The average molecular weight is 360 g/mol. The third-order valence-electron chi connectivity index (χ3n) is 5.48. The summed E-state index contributed by atoms with van der Waals surface area (Å²) >= 11 is 6.25. The Morgan fingerprint density at radius 2 is 1.88 bits per heavy atom. The molecule has 2 aliphatic rings. The largest absolute Gasteiger partial charge is 0.337 e. The monoisotopic (exact) mass is 359 g/mol. The first-order valence-corrected chi connectivity index (χ1v) is 9.20. The summed E-state index contributed by atoms with van der Waals surface area (Å²) in [5, 5.41) is 12.4. The lowest BCUT2D eigenvalue weighted by Crippen LogP contribution is -2.33. The van der Waals surface area contributed by atoms with Crippen molar-refractivity contribution < 1.29 is 4.79 Å². The highest BCUT2D eigenvalue weighted by atomic mass is 35.5. The van der Waals surface area contributed by atoms with Gasteiger partial charge >= 0.3 is 0 Å². The summed E-state index contributed by atoms with van der Waals surface area (Å²) < 4.78 is 1.64. The molecule has 2 saturated heterocycles. The molecule has 0 bridgehead atoms. The van der Waals surface area contributed by atoms with E-state index in [4.69, 9.17) is 11.6 Å². The molecule has 2 fully saturated rings. The minimum Gasteiger partial charge on any atom is -0.337 e. The van der Waals surface area contributed by atoms with Crippen LogP contribution in [0.4, 0.5) is 0 Å². The molecule has 1 aromatic heterocycles. The second-order valence-corrected chi connectivity index (χ2v) is 7.34. The minimum atomic E-state index is -0.0243. The van der Waals surface area contributed by atoms with Crippen LogP contribution in [0.15, 0.2) is 24.3 Å².